The molecule has 1 fully saturated rings. The number of benzene rings is 2. The summed E-state index contributed by atoms with van der Waals surface area (Å²) in [6.07, 6.45) is 2.95. The Morgan fingerprint density at radius 3 is 2.65 bits per heavy atom. The summed E-state index contributed by atoms with van der Waals surface area (Å²) in [4.78, 5) is 14.8. The van der Waals surface area contributed by atoms with Gasteiger partial charge in [0.2, 0.25) is 0 Å². The van der Waals surface area contributed by atoms with E-state index in [1.165, 1.54) is 5.56 Å². The van der Waals surface area contributed by atoms with Gasteiger partial charge in [-0.15, -0.1) is 0 Å². The number of nitrogens with one attached hydrogen (secondary N) is 1. The fourth-order valence-corrected chi connectivity index (χ4v) is 3.97. The summed E-state index contributed by atoms with van der Waals surface area (Å²) in [6.45, 7) is 1.85. The molecule has 0 bridgehead atoms. The first-order chi connectivity index (χ1) is 12.7. The number of carbonyl (C=O) groups is 1. The lowest BCUT2D eigenvalue weighted by Crippen LogP contribution is -2.39. The van der Waals surface area contributed by atoms with E-state index in [4.69, 9.17) is 9.47 Å². The summed E-state index contributed by atoms with van der Waals surface area (Å²) in [5.74, 6) is 1.36. The number of rotatable bonds is 3. The molecule has 2 aliphatic heterocycles. The zero-order valence-electron chi connectivity index (χ0n) is 14.4. The van der Waals surface area contributed by atoms with Crippen molar-refractivity contribution in [1.29, 1.82) is 0 Å². The highest BCUT2D eigenvalue weighted by Gasteiger charge is 2.29. The molecular formula is C20H21BrN2O3. The Balaban J connectivity index is 1.47. The number of fused-ring (bicyclic) bond motifs is 1. The summed E-state index contributed by atoms with van der Waals surface area (Å²) in [5.41, 5.74) is 1.96. The molecule has 0 unspecified atom stereocenters. The molecule has 0 spiro atoms. The van der Waals surface area contributed by atoms with Gasteiger partial charge in [-0.05, 0) is 40.8 Å². The molecule has 2 aliphatic rings. The standard InChI is InChI=1S/C20H21BrN2O3/c21-16-12-18-19(26-10-9-25-18)13-17(16)22-20(24)23-8-4-7-15(23)11-14-5-2-1-3-6-14/h1-3,5-6,12-13,15H,4,7-11H2,(H,22,24)/t15-/m0/s1. The van der Waals surface area contributed by atoms with Gasteiger partial charge < -0.3 is 19.7 Å². The maximum atomic E-state index is 12.9. The number of halogens is 1. The predicted octanol–water partition coefficient (Wildman–Crippen LogP) is 4.46. The second kappa shape index (κ2) is 7.58. The zero-order chi connectivity index (χ0) is 17.9. The van der Waals surface area contributed by atoms with Crippen LogP contribution in [0.1, 0.15) is 18.4 Å². The quantitative estimate of drug-likeness (QED) is 0.803. The Labute approximate surface area is 161 Å². The fourth-order valence-electron chi connectivity index (χ4n) is 3.55. The normalized spacial score (nSPS) is 18.7. The van der Waals surface area contributed by atoms with E-state index >= 15 is 0 Å². The number of carbonyl (C=O) groups excluding carboxylic acids is 1. The molecule has 2 heterocycles. The average molecular weight is 417 g/mol. The summed E-state index contributed by atoms with van der Waals surface area (Å²) in [6, 6.07) is 14.2. The first kappa shape index (κ1) is 17.2. The largest absolute Gasteiger partial charge is 0.486 e. The molecule has 2 aromatic rings. The highest BCUT2D eigenvalue weighted by atomic mass is 79.9. The van der Waals surface area contributed by atoms with Gasteiger partial charge in [0.05, 0.1) is 5.69 Å². The van der Waals surface area contributed by atoms with Crippen LogP contribution in [0.4, 0.5) is 10.5 Å². The van der Waals surface area contributed by atoms with Gasteiger partial charge in [-0.3, -0.25) is 0 Å². The summed E-state index contributed by atoms with van der Waals surface area (Å²) in [5, 5.41) is 3.02. The molecule has 0 aliphatic carbocycles. The number of nitrogens with zero attached hydrogens (tertiary/aromatic N) is 1. The van der Waals surface area contributed by atoms with Crippen molar-refractivity contribution in [2.45, 2.75) is 25.3 Å². The topological polar surface area (TPSA) is 50.8 Å². The highest BCUT2D eigenvalue weighted by Crippen LogP contribution is 2.38. The van der Waals surface area contributed by atoms with Gasteiger partial charge in [0.15, 0.2) is 11.5 Å². The molecule has 1 saturated heterocycles. The highest BCUT2D eigenvalue weighted by molar-refractivity contribution is 9.10. The van der Waals surface area contributed by atoms with E-state index in [0.29, 0.717) is 30.4 Å². The third-order valence-corrected chi connectivity index (χ3v) is 5.48. The Kier molecular flexibility index (Phi) is 5.02. The SMILES string of the molecule is O=C(Nc1cc2c(cc1Br)OCCO2)N1CCC[C@H]1Cc1ccccc1. The van der Waals surface area contributed by atoms with Gasteiger partial charge in [-0.25, -0.2) is 4.79 Å². The molecule has 26 heavy (non-hydrogen) atoms. The first-order valence-electron chi connectivity index (χ1n) is 8.91. The van der Waals surface area contributed by atoms with Crippen LogP contribution in [-0.2, 0) is 6.42 Å². The third-order valence-electron chi connectivity index (χ3n) is 4.83. The molecule has 1 atom stereocenters. The van der Waals surface area contributed by atoms with Crippen molar-refractivity contribution >= 4 is 27.6 Å². The van der Waals surface area contributed by atoms with E-state index < -0.39 is 0 Å². The summed E-state index contributed by atoms with van der Waals surface area (Å²) < 4.78 is 12.0. The number of anilines is 1. The van der Waals surface area contributed by atoms with Crippen LogP contribution in [0, 0.1) is 0 Å². The molecule has 0 aromatic heterocycles. The van der Waals surface area contributed by atoms with Crippen LogP contribution >= 0.6 is 15.9 Å². The van der Waals surface area contributed by atoms with Crippen LogP contribution in [0.5, 0.6) is 11.5 Å². The van der Waals surface area contributed by atoms with Gasteiger partial charge >= 0.3 is 6.03 Å². The van der Waals surface area contributed by atoms with Crippen molar-refractivity contribution in [3.63, 3.8) is 0 Å². The average Bonchev–Trinajstić information content (AvgIpc) is 3.11. The van der Waals surface area contributed by atoms with Crippen molar-refractivity contribution in [2.24, 2.45) is 0 Å². The van der Waals surface area contributed by atoms with Gasteiger partial charge in [0.1, 0.15) is 13.2 Å². The number of urea groups is 1. The van der Waals surface area contributed by atoms with Crippen molar-refractivity contribution in [3.8, 4) is 11.5 Å². The van der Waals surface area contributed by atoms with E-state index in [1.807, 2.05) is 35.2 Å². The molecular weight excluding hydrogens is 396 g/mol. The Hall–Kier alpha value is -2.21. The van der Waals surface area contributed by atoms with Crippen molar-refractivity contribution in [2.75, 3.05) is 25.1 Å². The monoisotopic (exact) mass is 416 g/mol. The Morgan fingerprint density at radius 1 is 1.15 bits per heavy atom. The van der Waals surface area contributed by atoms with Gasteiger partial charge in [-0.2, -0.15) is 0 Å². The molecule has 5 nitrogen and oxygen atoms in total. The lowest BCUT2D eigenvalue weighted by atomic mass is 10.0. The van der Waals surface area contributed by atoms with E-state index in [1.54, 1.807) is 0 Å². The van der Waals surface area contributed by atoms with Crippen molar-refractivity contribution in [3.05, 3.63) is 52.5 Å². The van der Waals surface area contributed by atoms with E-state index in [0.717, 1.165) is 30.3 Å². The Morgan fingerprint density at radius 2 is 1.88 bits per heavy atom. The van der Waals surface area contributed by atoms with Gasteiger partial charge in [0, 0.05) is 29.2 Å². The molecule has 6 heteroatoms. The molecule has 2 amide bonds. The number of likely N-dealkylation sites (tertiary alicyclic amines) is 1. The van der Waals surface area contributed by atoms with Crippen LogP contribution in [0.25, 0.3) is 0 Å². The number of amides is 2. The number of hydrogen-bond acceptors (Lipinski definition) is 3. The maximum absolute atomic E-state index is 12.9. The molecule has 2 aromatic carbocycles. The first-order valence-corrected chi connectivity index (χ1v) is 9.71. The van der Waals surface area contributed by atoms with Crippen molar-refractivity contribution in [1.82, 2.24) is 4.90 Å². The van der Waals surface area contributed by atoms with E-state index in [2.05, 4.69) is 33.4 Å². The van der Waals surface area contributed by atoms with E-state index in [9.17, 15) is 4.79 Å². The minimum atomic E-state index is -0.0687. The summed E-state index contributed by atoms with van der Waals surface area (Å²) in [7, 11) is 0. The van der Waals surface area contributed by atoms with Gasteiger partial charge in [-0.1, -0.05) is 30.3 Å². The molecule has 0 radical (unpaired) electrons. The molecule has 0 saturated carbocycles. The maximum Gasteiger partial charge on any atom is 0.322 e. The lowest BCUT2D eigenvalue weighted by molar-refractivity contribution is 0.171. The zero-order valence-corrected chi connectivity index (χ0v) is 16.0. The molecule has 4 rings (SSSR count). The Bertz CT molecular complexity index is 797. The van der Waals surface area contributed by atoms with Crippen LogP contribution in [0.2, 0.25) is 0 Å². The van der Waals surface area contributed by atoms with E-state index in [-0.39, 0.29) is 12.1 Å². The van der Waals surface area contributed by atoms with Crippen molar-refractivity contribution < 1.29 is 14.3 Å². The third kappa shape index (κ3) is 3.65. The second-order valence-electron chi connectivity index (χ2n) is 6.59. The van der Waals surface area contributed by atoms with Gasteiger partial charge in [0.25, 0.3) is 0 Å². The smallest absolute Gasteiger partial charge is 0.322 e. The summed E-state index contributed by atoms with van der Waals surface area (Å²) >= 11 is 3.51. The number of ether oxygens (including phenoxy) is 2. The fraction of sp³-hybridized carbons (Fsp3) is 0.350. The molecule has 136 valence electrons. The van der Waals surface area contributed by atoms with Crippen LogP contribution in [0.3, 0.4) is 0 Å². The van der Waals surface area contributed by atoms with Crippen LogP contribution in [-0.4, -0.2) is 36.7 Å². The lowest BCUT2D eigenvalue weighted by Gasteiger charge is -2.26. The predicted molar refractivity (Wildman–Crippen MR) is 104 cm³/mol. The van der Waals surface area contributed by atoms with Crippen LogP contribution in [0.15, 0.2) is 46.9 Å². The minimum Gasteiger partial charge on any atom is -0.486 e. The second-order valence-corrected chi connectivity index (χ2v) is 7.44. The minimum absolute atomic E-state index is 0.0687. The number of hydrogen-bond donors (Lipinski definition) is 1. The van der Waals surface area contributed by atoms with Crippen LogP contribution < -0.4 is 14.8 Å². The molecule has 1 N–H and O–H groups in total.